The minimum atomic E-state index is -0.864. The van der Waals surface area contributed by atoms with Crippen LogP contribution in [0, 0.1) is 0 Å². The van der Waals surface area contributed by atoms with Crippen LogP contribution in [0.25, 0.3) is 0 Å². The highest BCUT2D eigenvalue weighted by Crippen LogP contribution is 2.22. The number of aliphatic carboxylic acids is 1. The molecule has 1 aromatic rings. The van der Waals surface area contributed by atoms with Crippen molar-refractivity contribution in [3.05, 3.63) is 11.1 Å². The van der Waals surface area contributed by atoms with Crippen LogP contribution in [0.1, 0.15) is 35.4 Å². The first kappa shape index (κ1) is 12.0. The predicted molar refractivity (Wildman–Crippen MR) is 60.8 cm³/mol. The molecular weight excluding hydrogens is 242 g/mol. The molecule has 0 aromatic carbocycles. The van der Waals surface area contributed by atoms with Crippen LogP contribution >= 0.6 is 11.5 Å². The monoisotopic (exact) mass is 255 g/mol. The van der Waals surface area contributed by atoms with Gasteiger partial charge in [-0.15, -0.1) is 5.10 Å². The maximum atomic E-state index is 12.1. The molecule has 0 bridgehead atoms. The molecule has 7 heteroatoms. The van der Waals surface area contributed by atoms with Gasteiger partial charge in [0.1, 0.15) is 4.88 Å². The Morgan fingerprint density at radius 2 is 2.35 bits per heavy atom. The van der Waals surface area contributed by atoms with Gasteiger partial charge < -0.3 is 10.0 Å². The van der Waals surface area contributed by atoms with Crippen LogP contribution in [-0.4, -0.2) is 44.1 Å². The highest BCUT2D eigenvalue weighted by Gasteiger charge is 2.29. The molecule has 1 N–H and O–H groups in total. The first-order valence-electron chi connectivity index (χ1n) is 5.48. The summed E-state index contributed by atoms with van der Waals surface area (Å²) in [7, 11) is 0. The van der Waals surface area contributed by atoms with Crippen molar-refractivity contribution < 1.29 is 14.7 Å². The second-order valence-electron chi connectivity index (χ2n) is 4.03. The lowest BCUT2D eigenvalue weighted by molar-refractivity contribution is -0.138. The molecule has 0 aliphatic carbocycles. The van der Waals surface area contributed by atoms with Gasteiger partial charge in [-0.2, -0.15) is 0 Å². The summed E-state index contributed by atoms with van der Waals surface area (Å²) in [6.07, 6.45) is 4.10. The third kappa shape index (κ3) is 2.79. The highest BCUT2D eigenvalue weighted by atomic mass is 32.1. The third-order valence-electron chi connectivity index (χ3n) is 2.87. The number of likely N-dealkylation sites (tertiary alicyclic amines) is 1. The molecule has 2 heterocycles. The quantitative estimate of drug-likeness (QED) is 0.871. The fourth-order valence-corrected chi connectivity index (χ4v) is 2.56. The number of carbonyl (C=O) groups is 2. The zero-order valence-corrected chi connectivity index (χ0v) is 10.0. The standard InChI is InChI=1S/C10H13N3O3S/c14-9(15)5-7-3-1-2-4-13(7)10(16)8-6-11-12-17-8/h6-7H,1-5H2,(H,14,15). The van der Waals surface area contributed by atoms with Gasteiger partial charge >= 0.3 is 5.97 Å². The van der Waals surface area contributed by atoms with E-state index in [1.807, 2.05) is 0 Å². The van der Waals surface area contributed by atoms with Crippen molar-refractivity contribution in [2.45, 2.75) is 31.7 Å². The summed E-state index contributed by atoms with van der Waals surface area (Å²) in [6.45, 7) is 0.620. The summed E-state index contributed by atoms with van der Waals surface area (Å²) in [4.78, 5) is 25.0. The van der Waals surface area contributed by atoms with Gasteiger partial charge in [0.2, 0.25) is 0 Å². The van der Waals surface area contributed by atoms with Crippen molar-refractivity contribution in [2.24, 2.45) is 0 Å². The summed E-state index contributed by atoms with van der Waals surface area (Å²) in [5, 5.41) is 12.5. The Balaban J connectivity index is 2.10. The highest BCUT2D eigenvalue weighted by molar-refractivity contribution is 7.07. The van der Waals surface area contributed by atoms with Crippen LogP contribution < -0.4 is 0 Å². The minimum Gasteiger partial charge on any atom is -0.481 e. The van der Waals surface area contributed by atoms with Gasteiger partial charge in [0.25, 0.3) is 5.91 Å². The van der Waals surface area contributed by atoms with E-state index in [0.717, 1.165) is 30.8 Å². The van der Waals surface area contributed by atoms with Crippen LogP contribution in [0.2, 0.25) is 0 Å². The molecule has 1 unspecified atom stereocenters. The Morgan fingerprint density at radius 3 is 3.00 bits per heavy atom. The van der Waals surface area contributed by atoms with Crippen LogP contribution in [0.3, 0.4) is 0 Å². The molecular formula is C10H13N3O3S. The van der Waals surface area contributed by atoms with E-state index in [2.05, 4.69) is 9.59 Å². The maximum Gasteiger partial charge on any atom is 0.305 e. The molecule has 0 saturated carbocycles. The van der Waals surface area contributed by atoms with Gasteiger partial charge in [0.15, 0.2) is 0 Å². The molecule has 1 fully saturated rings. The van der Waals surface area contributed by atoms with Crippen LogP contribution in [0.4, 0.5) is 0 Å². The van der Waals surface area contributed by atoms with Crippen molar-refractivity contribution in [1.82, 2.24) is 14.5 Å². The summed E-state index contributed by atoms with van der Waals surface area (Å²) >= 11 is 1.05. The molecule has 1 atom stereocenters. The minimum absolute atomic E-state index is 0.0119. The Kier molecular flexibility index (Phi) is 3.68. The van der Waals surface area contributed by atoms with E-state index in [9.17, 15) is 9.59 Å². The molecule has 0 radical (unpaired) electrons. The summed E-state index contributed by atoms with van der Waals surface area (Å²) < 4.78 is 3.65. The number of hydrogen-bond acceptors (Lipinski definition) is 5. The van der Waals surface area contributed by atoms with Crippen LogP contribution in [0.5, 0.6) is 0 Å². The molecule has 1 aliphatic rings. The second-order valence-corrected chi connectivity index (χ2v) is 4.81. The number of carbonyl (C=O) groups excluding carboxylic acids is 1. The average molecular weight is 255 g/mol. The molecule has 1 aromatic heterocycles. The lowest BCUT2D eigenvalue weighted by Crippen LogP contribution is -2.44. The summed E-state index contributed by atoms with van der Waals surface area (Å²) in [5.41, 5.74) is 0. The van der Waals surface area contributed by atoms with Crippen molar-refractivity contribution in [1.29, 1.82) is 0 Å². The first-order valence-corrected chi connectivity index (χ1v) is 6.26. The summed E-state index contributed by atoms with van der Waals surface area (Å²) in [5.74, 6) is -1.01. The molecule has 0 spiro atoms. The number of nitrogens with zero attached hydrogens (tertiary/aromatic N) is 3. The maximum absolute atomic E-state index is 12.1. The molecule has 17 heavy (non-hydrogen) atoms. The molecule has 1 aliphatic heterocycles. The van der Waals surface area contributed by atoms with Gasteiger partial charge in [-0.3, -0.25) is 9.59 Å². The van der Waals surface area contributed by atoms with Crippen molar-refractivity contribution >= 4 is 23.4 Å². The van der Waals surface area contributed by atoms with Gasteiger partial charge in [-0.1, -0.05) is 4.49 Å². The van der Waals surface area contributed by atoms with E-state index in [1.54, 1.807) is 4.90 Å². The third-order valence-corrected chi connectivity index (χ3v) is 3.52. The second kappa shape index (κ2) is 5.22. The average Bonchev–Trinajstić information content (AvgIpc) is 2.81. The molecule has 6 nitrogen and oxygen atoms in total. The van der Waals surface area contributed by atoms with Gasteiger partial charge in [0.05, 0.1) is 12.6 Å². The Bertz CT molecular complexity index is 407. The lowest BCUT2D eigenvalue weighted by atomic mass is 9.99. The molecule has 92 valence electrons. The van der Waals surface area contributed by atoms with Gasteiger partial charge in [-0.05, 0) is 30.8 Å². The topological polar surface area (TPSA) is 83.4 Å². The fourth-order valence-electron chi connectivity index (χ4n) is 2.08. The molecule has 1 amide bonds. The van der Waals surface area contributed by atoms with E-state index < -0.39 is 5.97 Å². The number of aromatic nitrogens is 2. The Morgan fingerprint density at radius 1 is 1.53 bits per heavy atom. The van der Waals surface area contributed by atoms with E-state index in [0.29, 0.717) is 11.4 Å². The van der Waals surface area contributed by atoms with Crippen LogP contribution in [0.15, 0.2) is 6.20 Å². The number of hydrogen-bond donors (Lipinski definition) is 1. The number of rotatable bonds is 3. The molecule has 1 saturated heterocycles. The molecule has 2 rings (SSSR count). The number of piperidine rings is 1. The van der Waals surface area contributed by atoms with Gasteiger partial charge in [0, 0.05) is 12.6 Å². The zero-order valence-electron chi connectivity index (χ0n) is 9.20. The lowest BCUT2D eigenvalue weighted by Gasteiger charge is -2.34. The Hall–Kier alpha value is -1.50. The number of carboxylic acid groups (broad SMARTS) is 1. The van der Waals surface area contributed by atoms with E-state index in [1.165, 1.54) is 6.20 Å². The SMILES string of the molecule is O=C(O)CC1CCCCN1C(=O)c1cnns1. The van der Waals surface area contributed by atoms with Gasteiger partial charge in [-0.25, -0.2) is 0 Å². The van der Waals surface area contributed by atoms with E-state index >= 15 is 0 Å². The van der Waals surface area contributed by atoms with E-state index in [-0.39, 0.29) is 18.4 Å². The number of amides is 1. The van der Waals surface area contributed by atoms with Crippen molar-refractivity contribution in [3.63, 3.8) is 0 Å². The van der Waals surface area contributed by atoms with Crippen LogP contribution in [-0.2, 0) is 4.79 Å². The van der Waals surface area contributed by atoms with Crippen molar-refractivity contribution in [2.75, 3.05) is 6.54 Å². The van der Waals surface area contributed by atoms with Crippen molar-refractivity contribution in [3.8, 4) is 0 Å². The zero-order chi connectivity index (χ0) is 12.3. The fraction of sp³-hybridized carbons (Fsp3) is 0.600. The number of carboxylic acids is 1. The smallest absolute Gasteiger partial charge is 0.305 e. The summed E-state index contributed by atoms with van der Waals surface area (Å²) in [6, 6.07) is -0.198. The van der Waals surface area contributed by atoms with E-state index in [4.69, 9.17) is 5.11 Å². The Labute approximate surface area is 102 Å². The largest absolute Gasteiger partial charge is 0.481 e. The normalized spacial score (nSPS) is 20.2. The predicted octanol–water partition coefficient (Wildman–Crippen LogP) is 1.01. The first-order chi connectivity index (χ1) is 8.18.